The minimum atomic E-state index is 0.681. The van der Waals surface area contributed by atoms with Crippen molar-refractivity contribution >= 4 is 0 Å². The largest absolute Gasteiger partial charge is 0.103 e. The van der Waals surface area contributed by atoms with Crippen molar-refractivity contribution in [1.82, 2.24) is 0 Å². The first-order valence-corrected chi connectivity index (χ1v) is 4.94. The molecule has 1 atom stereocenters. The summed E-state index contributed by atoms with van der Waals surface area (Å²) in [5.41, 5.74) is 0. The van der Waals surface area contributed by atoms with Gasteiger partial charge in [0.2, 0.25) is 0 Å². The highest BCUT2D eigenvalue weighted by Crippen LogP contribution is 2.12. The second-order valence-corrected chi connectivity index (χ2v) is 3.04. The van der Waals surface area contributed by atoms with Crippen molar-refractivity contribution in [3.63, 3.8) is 0 Å². The zero-order chi connectivity index (χ0) is 9.23. The number of hydrogen-bond acceptors (Lipinski definition) is 0. The third-order valence-electron chi connectivity index (χ3n) is 2.03. The quantitative estimate of drug-likeness (QED) is 0.392. The van der Waals surface area contributed by atoms with Crippen LogP contribution in [0.25, 0.3) is 0 Å². The summed E-state index contributed by atoms with van der Waals surface area (Å²) in [7, 11) is 0. The third-order valence-corrected chi connectivity index (χ3v) is 2.03. The van der Waals surface area contributed by atoms with E-state index in [1.807, 2.05) is 0 Å². The van der Waals surface area contributed by atoms with Gasteiger partial charge in [-0.3, -0.25) is 0 Å². The molecule has 0 bridgehead atoms. The summed E-state index contributed by atoms with van der Waals surface area (Å²) in [6.07, 6.45) is 13.5. The molecule has 0 nitrogen and oxygen atoms in total. The van der Waals surface area contributed by atoms with E-state index in [0.717, 1.165) is 12.8 Å². The lowest BCUT2D eigenvalue weighted by molar-refractivity contribution is 0.612. The van der Waals surface area contributed by atoms with Crippen LogP contribution in [0, 0.1) is 12.3 Å². The van der Waals surface area contributed by atoms with Gasteiger partial charge in [0.1, 0.15) is 0 Å². The molecule has 0 fully saturated rings. The molecule has 1 unspecified atom stereocenters. The number of rotatable bonds is 7. The molecule has 69 valence electrons. The lowest BCUT2D eigenvalue weighted by atomic mass is 9.99. The van der Waals surface area contributed by atoms with Gasteiger partial charge in [0.05, 0.1) is 0 Å². The molecule has 0 heteroatoms. The first-order valence-electron chi connectivity index (χ1n) is 4.94. The molecule has 0 rings (SSSR count). The maximum atomic E-state index is 3.81. The van der Waals surface area contributed by atoms with E-state index in [1.165, 1.54) is 12.8 Å². The second kappa shape index (κ2) is 8.58. The fourth-order valence-corrected chi connectivity index (χ4v) is 1.10. The molecule has 1 radical (unpaired) electrons. The van der Waals surface area contributed by atoms with Crippen molar-refractivity contribution < 1.29 is 0 Å². The molecule has 0 aliphatic heterocycles. The van der Waals surface area contributed by atoms with Gasteiger partial charge >= 0.3 is 0 Å². The molecule has 0 saturated heterocycles. The minimum Gasteiger partial charge on any atom is -0.103 e. The number of unbranched alkanes of at least 4 members (excludes halogenated alkanes) is 1. The molecule has 0 aromatic carbocycles. The van der Waals surface area contributed by atoms with Crippen molar-refractivity contribution in [3.05, 3.63) is 31.2 Å². The van der Waals surface area contributed by atoms with E-state index in [2.05, 4.69) is 45.1 Å². The van der Waals surface area contributed by atoms with Gasteiger partial charge in [-0.2, -0.15) is 0 Å². The summed E-state index contributed by atoms with van der Waals surface area (Å²) in [4.78, 5) is 0. The van der Waals surface area contributed by atoms with Crippen LogP contribution < -0.4 is 0 Å². The van der Waals surface area contributed by atoms with Crippen LogP contribution in [0.3, 0.4) is 0 Å². The maximum Gasteiger partial charge on any atom is -0.0236 e. The third kappa shape index (κ3) is 6.21. The van der Waals surface area contributed by atoms with E-state index in [4.69, 9.17) is 0 Å². The maximum absolute atomic E-state index is 3.81. The Hall–Kier alpha value is -0.520. The molecule has 0 aromatic heterocycles. The van der Waals surface area contributed by atoms with Crippen molar-refractivity contribution in [2.75, 3.05) is 0 Å². The van der Waals surface area contributed by atoms with Crippen molar-refractivity contribution in [1.29, 1.82) is 0 Å². The number of hydrogen-bond donors (Lipinski definition) is 0. The Labute approximate surface area is 77.4 Å². The van der Waals surface area contributed by atoms with Crippen LogP contribution in [0.15, 0.2) is 24.8 Å². The zero-order valence-corrected chi connectivity index (χ0v) is 8.42. The van der Waals surface area contributed by atoms with Crippen LogP contribution in [0.2, 0.25) is 0 Å². The highest BCUT2D eigenvalue weighted by atomic mass is 14.0. The summed E-state index contributed by atoms with van der Waals surface area (Å²) >= 11 is 0. The van der Waals surface area contributed by atoms with E-state index in [1.54, 1.807) is 0 Å². The van der Waals surface area contributed by atoms with Gasteiger partial charge in [-0.1, -0.05) is 32.1 Å². The molecule has 0 saturated carbocycles. The molecule has 0 spiro atoms. The van der Waals surface area contributed by atoms with Gasteiger partial charge in [0.15, 0.2) is 0 Å². The lowest BCUT2D eigenvalue weighted by Gasteiger charge is -2.06. The second-order valence-electron chi connectivity index (χ2n) is 3.04. The first-order chi connectivity index (χ1) is 5.85. The summed E-state index contributed by atoms with van der Waals surface area (Å²) in [6.45, 7) is 8.18. The molecule has 0 amide bonds. The summed E-state index contributed by atoms with van der Waals surface area (Å²) in [6, 6.07) is 0. The predicted molar refractivity (Wildman–Crippen MR) is 56.9 cm³/mol. The van der Waals surface area contributed by atoms with Crippen molar-refractivity contribution in [2.45, 2.75) is 39.5 Å². The fraction of sp³-hybridized carbons (Fsp3) is 0.583. The van der Waals surface area contributed by atoms with Crippen LogP contribution in [0.1, 0.15) is 39.5 Å². The fourth-order valence-electron chi connectivity index (χ4n) is 1.10. The van der Waals surface area contributed by atoms with Gasteiger partial charge in [0.25, 0.3) is 0 Å². The van der Waals surface area contributed by atoms with Crippen molar-refractivity contribution in [2.24, 2.45) is 5.92 Å². The van der Waals surface area contributed by atoms with Crippen LogP contribution in [-0.4, -0.2) is 0 Å². The average Bonchev–Trinajstić information content (AvgIpc) is 2.11. The highest BCUT2D eigenvalue weighted by Gasteiger charge is 1.98. The first kappa shape index (κ1) is 11.5. The monoisotopic (exact) mass is 165 g/mol. The molecule has 0 heterocycles. The van der Waals surface area contributed by atoms with E-state index < -0.39 is 0 Å². The van der Waals surface area contributed by atoms with E-state index in [0.29, 0.717) is 5.92 Å². The van der Waals surface area contributed by atoms with Crippen LogP contribution in [-0.2, 0) is 0 Å². The number of allylic oxidation sites excluding steroid dienone is 3. The molecule has 0 aliphatic rings. The minimum absolute atomic E-state index is 0.681. The molecule has 12 heavy (non-hydrogen) atoms. The zero-order valence-electron chi connectivity index (χ0n) is 8.42. The average molecular weight is 165 g/mol. The van der Waals surface area contributed by atoms with Crippen LogP contribution >= 0.6 is 0 Å². The standard InChI is InChI=1S/C12H21/c1-4-7-8-9-10-11-12(5-2)6-3/h5,7-8,10,12H,2,4,6,9,11H2,1,3H3. The smallest absolute Gasteiger partial charge is 0.0236 e. The Morgan fingerprint density at radius 1 is 1.25 bits per heavy atom. The van der Waals surface area contributed by atoms with Gasteiger partial charge < -0.3 is 0 Å². The van der Waals surface area contributed by atoms with Crippen LogP contribution in [0.4, 0.5) is 0 Å². The Kier molecular flexibility index (Phi) is 8.20. The normalized spacial score (nSPS) is 13.5. The van der Waals surface area contributed by atoms with Gasteiger partial charge in [0, 0.05) is 0 Å². The van der Waals surface area contributed by atoms with Crippen LogP contribution in [0.5, 0.6) is 0 Å². The Bertz CT molecular complexity index is 122. The van der Waals surface area contributed by atoms with Gasteiger partial charge in [-0.25, -0.2) is 0 Å². The van der Waals surface area contributed by atoms with E-state index in [9.17, 15) is 0 Å². The van der Waals surface area contributed by atoms with Gasteiger partial charge in [-0.15, -0.1) is 6.58 Å². The Morgan fingerprint density at radius 2 is 2.00 bits per heavy atom. The molecule has 0 aromatic rings. The Morgan fingerprint density at radius 3 is 2.50 bits per heavy atom. The predicted octanol–water partition coefficient (Wildman–Crippen LogP) is 4.15. The molecule has 0 aliphatic carbocycles. The van der Waals surface area contributed by atoms with Gasteiger partial charge in [-0.05, 0) is 38.0 Å². The summed E-state index contributed by atoms with van der Waals surface area (Å²) < 4.78 is 0. The Balaban J connectivity index is 3.28. The topological polar surface area (TPSA) is 0 Å². The highest BCUT2D eigenvalue weighted by molar-refractivity contribution is 4.89. The summed E-state index contributed by atoms with van der Waals surface area (Å²) in [5, 5.41) is 0. The molecular formula is C12H21. The molecule has 0 N–H and O–H groups in total. The van der Waals surface area contributed by atoms with E-state index in [-0.39, 0.29) is 0 Å². The summed E-state index contributed by atoms with van der Waals surface area (Å²) in [5.74, 6) is 0.681. The lowest BCUT2D eigenvalue weighted by Crippen LogP contribution is -1.93. The van der Waals surface area contributed by atoms with E-state index >= 15 is 0 Å². The van der Waals surface area contributed by atoms with Crippen molar-refractivity contribution in [3.8, 4) is 0 Å². The SMILES string of the molecule is C=CC(CC)C[CH]CC=CCC. The molecular weight excluding hydrogens is 144 g/mol.